The predicted molar refractivity (Wildman–Crippen MR) is 423 cm³/mol. The Morgan fingerprint density at radius 2 is 1.28 bits per heavy atom. The number of guanidine groups is 1. The average molecular weight is 1690 g/mol. The van der Waals surface area contributed by atoms with Crippen molar-refractivity contribution >= 4 is 143 Å². The highest BCUT2D eigenvalue weighted by molar-refractivity contribution is 7.80. The van der Waals surface area contributed by atoms with E-state index in [1.807, 2.05) is 0 Å². The lowest BCUT2D eigenvalue weighted by Crippen LogP contribution is -2.62. The number of H-pyrrole nitrogens is 1. The number of aliphatic hydroxyl groups is 1. The van der Waals surface area contributed by atoms with Crippen LogP contribution in [0.2, 0.25) is 0 Å². The minimum Gasteiger partial charge on any atom is -0.508 e. The number of carbonyl (C=O) groups excluding carboxylic acids is 15. The third-order valence-electron chi connectivity index (χ3n) is 18.9. The number of fused-ring (bicyclic) bond motifs is 4. The lowest BCUT2D eigenvalue weighted by Gasteiger charge is -2.31. The average Bonchev–Trinajstić information content (AvgIpc) is 1.59. The second-order valence-electron chi connectivity index (χ2n) is 28.0. The monoisotopic (exact) mass is 1690 g/mol. The molecule has 0 saturated carbocycles. The van der Waals surface area contributed by atoms with Crippen LogP contribution in [-0.2, 0) is 103 Å². The number of thiol groups is 2. The van der Waals surface area contributed by atoms with Crippen LogP contribution in [0.25, 0.3) is 10.9 Å². The van der Waals surface area contributed by atoms with E-state index in [4.69, 9.17) is 28.3 Å². The molecule has 4 heterocycles. The highest BCUT2D eigenvalue weighted by Crippen LogP contribution is 2.23. The van der Waals surface area contributed by atoms with E-state index in [0.717, 1.165) is 23.8 Å². The number of aromatic hydroxyl groups is 1. The number of amides is 16. The van der Waals surface area contributed by atoms with E-state index in [0.29, 0.717) is 22.0 Å². The molecule has 47 heteroatoms. The van der Waals surface area contributed by atoms with E-state index in [1.54, 1.807) is 24.3 Å². The molecule has 1 saturated heterocycles. The van der Waals surface area contributed by atoms with Crippen molar-refractivity contribution in [2.75, 3.05) is 51.3 Å². The molecule has 644 valence electrons. The van der Waals surface area contributed by atoms with Gasteiger partial charge in [0.25, 0.3) is 0 Å². The van der Waals surface area contributed by atoms with E-state index in [-0.39, 0.29) is 101 Å². The second kappa shape index (κ2) is 46.4. The SMILES string of the molecule is C[C@H](O)[C@@H]1NC(=O)[C@@H](NC(=O)[C@@H](CS)NC(=O)CN)Cc2cn(nn2)CCC[C@H](C(=O)N[C@H](Cc2ccc(O)cc2)C(=O)N(C)CC(=O)O)NC(=O)[C@@H](CCC(N)=O)NC(=O)[C@H](Cc2c[nH]c3ccccc23)NC(=O)[C@@H](CCCNC(N)=O)NC(=O)[C@H](CS)NC(=O)[C@@H](CCCNC(=N)N)NC(=O)[C@@H]2CCCN2C(=O)[C@@H](CC(=O)O)NC1=O. The normalized spacial score (nSPS) is 22.0. The van der Waals surface area contributed by atoms with Gasteiger partial charge < -0.3 is 127 Å². The molecule has 2 bridgehead atoms. The Labute approximate surface area is 685 Å². The van der Waals surface area contributed by atoms with Crippen LogP contribution in [-0.4, -0.2) is 287 Å². The Kier molecular flexibility index (Phi) is 37.1. The number of phenolic OH excluding ortho intramolecular Hbond substituents is 1. The number of aliphatic carboxylic acids is 2. The van der Waals surface area contributed by atoms with Gasteiger partial charge in [0.1, 0.15) is 84.8 Å². The van der Waals surface area contributed by atoms with E-state index in [9.17, 15) is 82.8 Å². The summed E-state index contributed by atoms with van der Waals surface area (Å²) < 4.78 is 1.18. The van der Waals surface area contributed by atoms with Crippen molar-refractivity contribution in [1.29, 1.82) is 5.41 Å². The summed E-state index contributed by atoms with van der Waals surface area (Å²) in [6.07, 6.45) is -4.09. The number of benzene rings is 2. The van der Waals surface area contributed by atoms with Gasteiger partial charge in [0, 0.05) is 93.7 Å². The number of carboxylic acids is 2. The summed E-state index contributed by atoms with van der Waals surface area (Å²) in [5.41, 5.74) is 23.2. The molecule has 6 rings (SSSR count). The molecule has 16 amide bonds. The van der Waals surface area contributed by atoms with Crippen molar-refractivity contribution in [2.24, 2.45) is 22.9 Å². The van der Waals surface area contributed by atoms with E-state index >= 15 is 19.2 Å². The number of likely N-dealkylation sites (N-methyl/N-ethyl adjacent to an activating group) is 1. The highest BCUT2D eigenvalue weighted by Gasteiger charge is 2.43. The Morgan fingerprint density at radius 3 is 1.89 bits per heavy atom. The molecule has 1 fully saturated rings. The van der Waals surface area contributed by atoms with Gasteiger partial charge in [-0.3, -0.25) is 86.8 Å². The highest BCUT2D eigenvalue weighted by atomic mass is 32.1. The molecule has 0 radical (unpaired) electrons. The number of nitrogens with two attached hydrogens (primary N) is 4. The lowest BCUT2D eigenvalue weighted by molar-refractivity contribution is -0.146. The Bertz CT molecular complexity index is 4280. The molecule has 0 aliphatic carbocycles. The number of aryl methyl sites for hydroxylation is 1. The van der Waals surface area contributed by atoms with Crippen LogP contribution >= 0.6 is 25.3 Å². The molecule has 2 aromatic carbocycles. The van der Waals surface area contributed by atoms with Crippen molar-refractivity contribution in [3.8, 4) is 5.75 Å². The number of hydrogen-bond donors (Lipinski definition) is 25. The van der Waals surface area contributed by atoms with Crippen LogP contribution in [0.15, 0.2) is 60.9 Å². The number of primary amides is 2. The smallest absolute Gasteiger partial charge is 0.323 e. The van der Waals surface area contributed by atoms with Crippen molar-refractivity contribution in [2.45, 2.75) is 182 Å². The molecule has 2 aromatic heterocycles. The number of urea groups is 1. The van der Waals surface area contributed by atoms with Gasteiger partial charge in [-0.15, -0.1) is 5.10 Å². The van der Waals surface area contributed by atoms with Gasteiger partial charge in [-0.2, -0.15) is 25.3 Å². The first-order valence-corrected chi connectivity index (χ1v) is 38.8. The fourth-order valence-corrected chi connectivity index (χ4v) is 13.3. The van der Waals surface area contributed by atoms with E-state index < -0.39 is 236 Å². The van der Waals surface area contributed by atoms with Crippen LogP contribution in [0.1, 0.15) is 94.4 Å². The van der Waals surface area contributed by atoms with Gasteiger partial charge in [0.2, 0.25) is 82.7 Å². The van der Waals surface area contributed by atoms with Gasteiger partial charge in [-0.05, 0) is 94.0 Å². The summed E-state index contributed by atoms with van der Waals surface area (Å²) >= 11 is 8.50. The topological polar surface area (TPSA) is 708 Å². The summed E-state index contributed by atoms with van der Waals surface area (Å²) in [7, 11) is 1.15. The van der Waals surface area contributed by atoms with E-state index in [2.05, 4.69) is 110 Å². The number of nitrogens with zero attached hydrogens (tertiary/aromatic N) is 5. The fraction of sp³-hybridized carbons (Fsp3) is 0.521. The predicted octanol–water partition coefficient (Wildman–Crippen LogP) is -8.20. The number of aromatic amines is 1. The first kappa shape index (κ1) is 94.5. The summed E-state index contributed by atoms with van der Waals surface area (Å²) in [4.78, 5) is 242. The Hall–Kier alpha value is -12.4. The number of carbonyl (C=O) groups is 17. The molecule has 2 aliphatic rings. The van der Waals surface area contributed by atoms with Crippen LogP contribution in [0.5, 0.6) is 5.75 Å². The summed E-state index contributed by atoms with van der Waals surface area (Å²) in [6, 6.07) is -9.57. The maximum atomic E-state index is 15.3. The number of hydrogen-bond acceptors (Lipinski definition) is 25. The summed E-state index contributed by atoms with van der Waals surface area (Å²) in [6.45, 7) is -1.10. The molecule has 0 unspecified atom stereocenters. The quantitative estimate of drug-likeness (QED) is 0.0104. The van der Waals surface area contributed by atoms with Crippen LogP contribution < -0.4 is 92.1 Å². The zero-order chi connectivity index (χ0) is 87.0. The van der Waals surface area contributed by atoms with Crippen LogP contribution in [0.3, 0.4) is 0 Å². The maximum absolute atomic E-state index is 15.3. The third-order valence-corrected chi connectivity index (χ3v) is 19.6. The minimum absolute atomic E-state index is 0.0118. The van der Waals surface area contributed by atoms with Crippen molar-refractivity contribution in [3.63, 3.8) is 0 Å². The molecule has 118 heavy (non-hydrogen) atoms. The van der Waals surface area contributed by atoms with E-state index in [1.165, 1.54) is 41.3 Å². The number of aromatic nitrogens is 4. The lowest BCUT2D eigenvalue weighted by atomic mass is 10.0. The van der Waals surface area contributed by atoms with Crippen LogP contribution in [0.4, 0.5) is 4.79 Å². The standard InChI is InChI=1S/C71H102N24O21S2/c1-35(96)57-67(113)88-49(28-55(100)101)69(115)95-24-8-14-52(95)66(112)84-43(11-5-21-77-70(74)75)60(106)89-51(34-118)65(111)82-42(12-6-22-78-71(76)116)58(104)85-46(26-37-30-79-41-10-4-3-9-40(37)41)62(108)83-45(19-20-53(73)98)61(107)81-44(59(105)87-48(68(114)93(2)32-56(102)103)25-36-15-17-39(97)18-16-36)13-7-23-94-31-38(91-92-94)27-47(63(109)90-57)86-64(110)50(33-117)80-54(99)29-72/h3-4,9-10,15-18,30-31,35,42-52,57,79,96-97,117-118H,5-8,11-14,19-29,32-34,72H2,1-2H3,(H2,73,98)(H,80,99)(H,81,107)(H,82,111)(H,83,108)(H,84,112)(H,85,104)(H,86,110)(H,87,105)(H,88,113)(H,89,106)(H,90,109)(H,100,101)(H,102,103)(H4,74,75,77)(H3,76,78,116)/t35-,42+,43+,44+,45+,46-,47-,48+,49+,50+,51-,52-,57-/m0/s1. The second-order valence-corrected chi connectivity index (χ2v) is 28.7. The Morgan fingerprint density at radius 1 is 0.686 bits per heavy atom. The number of phenols is 1. The van der Waals surface area contributed by atoms with Crippen molar-refractivity contribution in [3.05, 3.63) is 77.7 Å². The van der Waals surface area contributed by atoms with Crippen molar-refractivity contribution in [1.82, 2.24) is 98.9 Å². The third kappa shape index (κ3) is 29.7. The minimum atomic E-state index is -2.08. The van der Waals surface area contributed by atoms with Gasteiger partial charge in [-0.25, -0.2) is 4.79 Å². The number of aliphatic hydroxyl groups excluding tert-OH is 1. The van der Waals surface area contributed by atoms with Gasteiger partial charge in [0.05, 0.1) is 24.8 Å². The first-order chi connectivity index (χ1) is 56.0. The van der Waals surface area contributed by atoms with Gasteiger partial charge >= 0.3 is 18.0 Å². The number of rotatable bonds is 29. The molecule has 0 spiro atoms. The summed E-state index contributed by atoms with van der Waals surface area (Å²) in [5.74, 6) is -19.8. The molecule has 45 nitrogen and oxygen atoms in total. The first-order valence-electron chi connectivity index (χ1n) is 37.5. The van der Waals surface area contributed by atoms with Crippen molar-refractivity contribution < 1.29 is 102 Å². The molecule has 2 aliphatic heterocycles. The maximum Gasteiger partial charge on any atom is 0.323 e. The number of nitrogens with one attached hydrogen (secondary N) is 15. The molecular weight excluding hydrogens is 1590 g/mol. The largest absolute Gasteiger partial charge is 0.508 e. The van der Waals surface area contributed by atoms with Crippen LogP contribution in [0, 0.1) is 5.41 Å². The molecule has 13 atom stereocenters. The molecular formula is C71H102N24O21S2. The number of para-hydroxylation sites is 1. The van der Waals surface area contributed by atoms with Gasteiger partial charge in [0.15, 0.2) is 5.96 Å². The Balaban J connectivity index is 1.50. The fourth-order valence-electron chi connectivity index (χ4n) is 12.8. The zero-order valence-corrected chi connectivity index (χ0v) is 66.3. The molecule has 4 aromatic rings. The number of carboxylic acid groups (broad SMARTS) is 2. The van der Waals surface area contributed by atoms with Gasteiger partial charge in [-0.1, -0.05) is 35.5 Å². The molecule has 27 N–H and O–H groups in total. The summed E-state index contributed by atoms with van der Waals surface area (Å²) in [5, 5.41) is 89.8. The zero-order valence-electron chi connectivity index (χ0n) is 64.5.